The van der Waals surface area contributed by atoms with Crippen LogP contribution in [0.5, 0.6) is 11.5 Å². The molecule has 25 heavy (non-hydrogen) atoms. The van der Waals surface area contributed by atoms with E-state index in [1.165, 1.54) is 0 Å². The fourth-order valence-corrected chi connectivity index (χ4v) is 3.45. The number of methoxy groups -OCH3 is 2. The largest absolute Gasteiger partial charge is 0.497 e. The minimum absolute atomic E-state index is 0.0533. The fraction of sp³-hybridized carbons (Fsp3) is 0.556. The van der Waals surface area contributed by atoms with Gasteiger partial charge in [-0.15, -0.1) is 0 Å². The number of benzene rings is 1. The second-order valence-electron chi connectivity index (χ2n) is 6.64. The van der Waals surface area contributed by atoms with Crippen LogP contribution < -0.4 is 20.1 Å². The van der Waals surface area contributed by atoms with Gasteiger partial charge in [0.05, 0.1) is 25.8 Å². The molecule has 1 aromatic carbocycles. The van der Waals surface area contributed by atoms with Gasteiger partial charge in [0.2, 0.25) is 11.8 Å². The van der Waals surface area contributed by atoms with Crippen LogP contribution in [0.1, 0.15) is 19.3 Å². The summed E-state index contributed by atoms with van der Waals surface area (Å²) in [7, 11) is 3.13. The van der Waals surface area contributed by atoms with Gasteiger partial charge in [-0.1, -0.05) is 0 Å². The monoisotopic (exact) mass is 347 g/mol. The summed E-state index contributed by atoms with van der Waals surface area (Å²) in [5.41, 5.74) is 6.59. The van der Waals surface area contributed by atoms with E-state index in [1.54, 1.807) is 37.3 Å². The van der Waals surface area contributed by atoms with E-state index in [9.17, 15) is 9.59 Å². The summed E-state index contributed by atoms with van der Waals surface area (Å²) in [6, 6.07) is 5.50. The van der Waals surface area contributed by atoms with Crippen molar-refractivity contribution in [2.24, 2.45) is 11.7 Å². The summed E-state index contributed by atoms with van der Waals surface area (Å²) in [6.45, 7) is 1.74. The molecule has 2 fully saturated rings. The van der Waals surface area contributed by atoms with Crippen LogP contribution in [-0.2, 0) is 9.59 Å². The third-order valence-corrected chi connectivity index (χ3v) is 4.97. The quantitative estimate of drug-likeness (QED) is 0.878. The van der Waals surface area contributed by atoms with Crippen LogP contribution in [0.15, 0.2) is 18.2 Å². The van der Waals surface area contributed by atoms with E-state index in [0.29, 0.717) is 36.8 Å². The van der Waals surface area contributed by atoms with Crippen LogP contribution in [0.2, 0.25) is 0 Å². The van der Waals surface area contributed by atoms with Crippen molar-refractivity contribution in [3.05, 3.63) is 18.2 Å². The van der Waals surface area contributed by atoms with Crippen molar-refractivity contribution in [1.82, 2.24) is 4.90 Å². The van der Waals surface area contributed by atoms with Gasteiger partial charge in [-0.05, 0) is 12.8 Å². The number of hydrogen-bond acceptors (Lipinski definition) is 5. The van der Waals surface area contributed by atoms with Gasteiger partial charge in [-0.3, -0.25) is 9.59 Å². The van der Waals surface area contributed by atoms with Crippen molar-refractivity contribution in [2.45, 2.75) is 25.3 Å². The van der Waals surface area contributed by atoms with Gasteiger partial charge < -0.3 is 25.0 Å². The Morgan fingerprint density at radius 3 is 2.28 bits per heavy atom. The zero-order valence-corrected chi connectivity index (χ0v) is 14.7. The number of likely N-dealkylation sites (tertiary alicyclic amines) is 1. The molecule has 0 radical (unpaired) electrons. The Hall–Kier alpha value is -2.28. The molecule has 0 aromatic heterocycles. The number of nitrogens with zero attached hydrogens (tertiary/aromatic N) is 2. The normalized spacial score (nSPS) is 21.6. The molecular formula is C18H25N3O4. The number of piperidine rings is 1. The molecule has 0 saturated carbocycles. The Labute approximate surface area is 147 Å². The molecule has 2 aliphatic heterocycles. The zero-order chi connectivity index (χ0) is 18.0. The molecule has 3 rings (SSSR count). The summed E-state index contributed by atoms with van der Waals surface area (Å²) < 4.78 is 10.5. The van der Waals surface area contributed by atoms with Crippen molar-refractivity contribution in [3.8, 4) is 11.5 Å². The maximum atomic E-state index is 12.7. The predicted octanol–water partition coefficient (Wildman–Crippen LogP) is 1.01. The molecule has 0 bridgehead atoms. The number of hydrogen-bond donors (Lipinski definition) is 1. The highest BCUT2D eigenvalue weighted by Gasteiger charge is 2.38. The van der Waals surface area contributed by atoms with E-state index >= 15 is 0 Å². The number of carbonyl (C=O) groups is 2. The molecule has 2 aliphatic rings. The lowest BCUT2D eigenvalue weighted by Gasteiger charge is -2.31. The summed E-state index contributed by atoms with van der Waals surface area (Å²) >= 11 is 0. The highest BCUT2D eigenvalue weighted by molar-refractivity contribution is 6.00. The van der Waals surface area contributed by atoms with Gasteiger partial charge in [0.15, 0.2) is 0 Å². The minimum Gasteiger partial charge on any atom is -0.497 e. The molecule has 0 spiro atoms. The third-order valence-electron chi connectivity index (χ3n) is 4.97. The Kier molecular flexibility index (Phi) is 5.13. The Morgan fingerprint density at radius 1 is 1.12 bits per heavy atom. The summed E-state index contributed by atoms with van der Waals surface area (Å²) in [6.07, 6.45) is 1.88. The standard InChI is InChI=1S/C18H25N3O4/c1-24-15-8-14(9-16(10-15)25-2)21-11-12(7-17(21)22)18(23)20-5-3-13(19)4-6-20/h8-10,12-13H,3-7,11,19H2,1-2H3. The summed E-state index contributed by atoms with van der Waals surface area (Å²) in [5.74, 6) is 0.919. The number of amides is 2. The van der Waals surface area contributed by atoms with Crippen molar-refractivity contribution in [3.63, 3.8) is 0 Å². The van der Waals surface area contributed by atoms with Crippen molar-refractivity contribution < 1.29 is 19.1 Å². The van der Waals surface area contributed by atoms with Crippen LogP contribution in [0, 0.1) is 5.92 Å². The molecule has 7 heteroatoms. The van der Waals surface area contributed by atoms with E-state index in [1.807, 2.05) is 4.90 Å². The van der Waals surface area contributed by atoms with Crippen molar-refractivity contribution >= 4 is 17.5 Å². The number of rotatable bonds is 4. The molecule has 2 amide bonds. The zero-order valence-electron chi connectivity index (χ0n) is 14.7. The van der Waals surface area contributed by atoms with Crippen LogP contribution in [-0.4, -0.2) is 56.6 Å². The van der Waals surface area contributed by atoms with Gasteiger partial charge in [0.25, 0.3) is 0 Å². The van der Waals surface area contributed by atoms with Crippen molar-refractivity contribution in [1.29, 1.82) is 0 Å². The molecular weight excluding hydrogens is 322 g/mol. The second-order valence-corrected chi connectivity index (χ2v) is 6.64. The number of anilines is 1. The topological polar surface area (TPSA) is 85.1 Å². The molecule has 136 valence electrons. The van der Waals surface area contributed by atoms with Gasteiger partial charge in [0.1, 0.15) is 11.5 Å². The van der Waals surface area contributed by atoms with Gasteiger partial charge in [0, 0.05) is 50.3 Å². The van der Waals surface area contributed by atoms with E-state index in [0.717, 1.165) is 12.8 Å². The second kappa shape index (κ2) is 7.31. The molecule has 1 unspecified atom stereocenters. The maximum absolute atomic E-state index is 12.7. The average Bonchev–Trinajstić information content (AvgIpc) is 3.03. The van der Waals surface area contributed by atoms with E-state index < -0.39 is 0 Å². The molecule has 0 aliphatic carbocycles. The lowest BCUT2D eigenvalue weighted by molar-refractivity contribution is -0.136. The Balaban J connectivity index is 1.73. The lowest BCUT2D eigenvalue weighted by atomic mass is 10.0. The fourth-order valence-electron chi connectivity index (χ4n) is 3.45. The van der Waals surface area contributed by atoms with E-state index in [4.69, 9.17) is 15.2 Å². The average molecular weight is 347 g/mol. The molecule has 2 heterocycles. The molecule has 7 nitrogen and oxygen atoms in total. The third kappa shape index (κ3) is 3.71. The lowest BCUT2D eigenvalue weighted by Crippen LogP contribution is -2.45. The van der Waals surface area contributed by atoms with Crippen molar-refractivity contribution in [2.75, 3.05) is 38.8 Å². The van der Waals surface area contributed by atoms with Gasteiger partial charge >= 0.3 is 0 Å². The number of nitrogens with two attached hydrogens (primary N) is 1. The smallest absolute Gasteiger partial charge is 0.228 e. The molecule has 1 aromatic rings. The molecule has 2 N–H and O–H groups in total. The van der Waals surface area contributed by atoms with E-state index in [2.05, 4.69) is 0 Å². The summed E-state index contributed by atoms with van der Waals surface area (Å²) in [4.78, 5) is 28.7. The SMILES string of the molecule is COc1cc(OC)cc(N2CC(C(=O)N3CCC(N)CC3)CC2=O)c1. The predicted molar refractivity (Wildman–Crippen MR) is 93.8 cm³/mol. The van der Waals surface area contributed by atoms with Crippen LogP contribution in [0.4, 0.5) is 5.69 Å². The molecule has 2 saturated heterocycles. The van der Waals surface area contributed by atoms with E-state index in [-0.39, 0.29) is 30.2 Å². The number of carbonyl (C=O) groups excluding carboxylic acids is 2. The molecule has 1 atom stereocenters. The van der Waals surface area contributed by atoms with Gasteiger partial charge in [-0.2, -0.15) is 0 Å². The highest BCUT2D eigenvalue weighted by atomic mass is 16.5. The van der Waals surface area contributed by atoms with Crippen LogP contribution in [0.3, 0.4) is 0 Å². The maximum Gasteiger partial charge on any atom is 0.228 e. The van der Waals surface area contributed by atoms with Crippen LogP contribution >= 0.6 is 0 Å². The highest BCUT2D eigenvalue weighted by Crippen LogP contribution is 2.33. The first-order chi connectivity index (χ1) is 12.0. The minimum atomic E-state index is -0.306. The first-order valence-corrected chi connectivity index (χ1v) is 8.59. The summed E-state index contributed by atoms with van der Waals surface area (Å²) in [5, 5.41) is 0. The Morgan fingerprint density at radius 2 is 1.72 bits per heavy atom. The van der Waals surface area contributed by atoms with Gasteiger partial charge in [-0.25, -0.2) is 0 Å². The Bertz CT molecular complexity index is 633. The van der Waals surface area contributed by atoms with Crippen LogP contribution in [0.25, 0.3) is 0 Å². The first kappa shape index (κ1) is 17.5. The first-order valence-electron chi connectivity index (χ1n) is 8.59. The number of ether oxygens (including phenoxy) is 2.